The Bertz CT molecular complexity index is 1170. The molecule has 0 amide bonds. The van der Waals surface area contributed by atoms with Crippen molar-refractivity contribution in [2.45, 2.75) is 33.1 Å². The summed E-state index contributed by atoms with van der Waals surface area (Å²) in [5.74, 6) is -0.932. The van der Waals surface area contributed by atoms with Crippen molar-refractivity contribution >= 4 is 23.8 Å². The predicted octanol–water partition coefficient (Wildman–Crippen LogP) is 4.69. The number of nitrogens with zero attached hydrogens (tertiary/aromatic N) is 1. The van der Waals surface area contributed by atoms with Crippen LogP contribution in [0.1, 0.15) is 51.4 Å². The Kier molecular flexibility index (Phi) is 9.15. The minimum Gasteiger partial charge on any atom is -0.465 e. The van der Waals surface area contributed by atoms with Crippen molar-refractivity contribution in [3.8, 4) is 0 Å². The van der Waals surface area contributed by atoms with Crippen molar-refractivity contribution < 1.29 is 28.6 Å². The van der Waals surface area contributed by atoms with Gasteiger partial charge in [0.2, 0.25) is 5.78 Å². The van der Waals surface area contributed by atoms with Crippen LogP contribution >= 0.6 is 0 Å². The van der Waals surface area contributed by atoms with Crippen molar-refractivity contribution in [1.82, 2.24) is 4.57 Å². The zero-order valence-electron chi connectivity index (χ0n) is 20.1. The fraction of sp³-hybridized carbons (Fsp3) is 0.250. The summed E-state index contributed by atoms with van der Waals surface area (Å²) in [5.41, 5.74) is 3.41. The number of benzene rings is 2. The molecule has 1 atom stereocenters. The van der Waals surface area contributed by atoms with Gasteiger partial charge in [-0.1, -0.05) is 48.6 Å². The van der Waals surface area contributed by atoms with Gasteiger partial charge in [-0.3, -0.25) is 4.79 Å². The number of carbonyl (C=O) groups is 3. The number of ketones is 1. The normalized spacial score (nSPS) is 11.9. The Morgan fingerprint density at radius 3 is 2.31 bits per heavy atom. The quantitative estimate of drug-likeness (QED) is 0.296. The van der Waals surface area contributed by atoms with Crippen LogP contribution in [0.2, 0.25) is 0 Å². The highest BCUT2D eigenvalue weighted by Gasteiger charge is 2.15. The van der Waals surface area contributed by atoms with Crippen LogP contribution in [0.3, 0.4) is 0 Å². The summed E-state index contributed by atoms with van der Waals surface area (Å²) in [6.07, 6.45) is 5.20. The molecule has 0 bridgehead atoms. The van der Waals surface area contributed by atoms with E-state index in [-0.39, 0.29) is 11.8 Å². The van der Waals surface area contributed by atoms with Crippen LogP contribution in [0, 0.1) is 0 Å². The standard InChI is InChI=1S/C28H29NO6/c1-4-34-27(31)20(2)35-19-22-11-9-21(10-12-22)7-5-17-29-18-6-8-25(29)26(30)23-13-15-24(16-14-23)28(32)33-3/h5-16,18,20H,4,17,19H2,1-3H3. The minimum absolute atomic E-state index is 0.124. The highest BCUT2D eigenvalue weighted by molar-refractivity contribution is 6.08. The summed E-state index contributed by atoms with van der Waals surface area (Å²) in [6, 6.07) is 17.8. The van der Waals surface area contributed by atoms with Gasteiger partial charge in [0.25, 0.3) is 0 Å². The highest BCUT2D eigenvalue weighted by Crippen LogP contribution is 2.14. The molecular formula is C28H29NO6. The number of allylic oxidation sites excluding steroid dienone is 1. The first-order valence-corrected chi connectivity index (χ1v) is 11.3. The SMILES string of the molecule is CCOC(=O)C(C)OCc1ccc(C=CCn2cccc2C(=O)c2ccc(C(=O)OC)cc2)cc1. The smallest absolute Gasteiger partial charge is 0.337 e. The molecule has 0 spiro atoms. The van der Waals surface area contributed by atoms with Crippen molar-refractivity contribution in [3.63, 3.8) is 0 Å². The van der Waals surface area contributed by atoms with E-state index in [9.17, 15) is 14.4 Å². The van der Waals surface area contributed by atoms with Crippen LogP contribution in [-0.2, 0) is 32.2 Å². The van der Waals surface area contributed by atoms with Gasteiger partial charge in [-0.05, 0) is 49.2 Å². The summed E-state index contributed by atoms with van der Waals surface area (Å²) < 4.78 is 17.1. The number of hydrogen-bond acceptors (Lipinski definition) is 6. The second kappa shape index (κ2) is 12.5. The molecule has 1 aromatic heterocycles. The fourth-order valence-corrected chi connectivity index (χ4v) is 3.38. The number of aromatic nitrogens is 1. The van der Waals surface area contributed by atoms with Crippen molar-refractivity contribution in [2.75, 3.05) is 13.7 Å². The van der Waals surface area contributed by atoms with Gasteiger partial charge < -0.3 is 18.8 Å². The highest BCUT2D eigenvalue weighted by atomic mass is 16.6. The molecule has 1 unspecified atom stereocenters. The molecule has 0 fully saturated rings. The zero-order valence-corrected chi connectivity index (χ0v) is 20.1. The molecule has 0 aliphatic rings. The molecule has 7 nitrogen and oxygen atoms in total. The van der Waals surface area contributed by atoms with Crippen LogP contribution in [0.25, 0.3) is 6.08 Å². The van der Waals surface area contributed by atoms with E-state index in [1.165, 1.54) is 7.11 Å². The van der Waals surface area contributed by atoms with E-state index >= 15 is 0 Å². The van der Waals surface area contributed by atoms with Crippen LogP contribution in [-0.4, -0.2) is 42.1 Å². The molecule has 0 saturated heterocycles. The van der Waals surface area contributed by atoms with Gasteiger partial charge >= 0.3 is 11.9 Å². The first-order valence-electron chi connectivity index (χ1n) is 11.3. The van der Waals surface area contributed by atoms with E-state index in [1.54, 1.807) is 44.2 Å². The number of hydrogen-bond donors (Lipinski definition) is 0. The molecule has 0 radical (unpaired) electrons. The maximum atomic E-state index is 12.9. The Morgan fingerprint density at radius 2 is 1.66 bits per heavy atom. The van der Waals surface area contributed by atoms with Gasteiger partial charge in [-0.15, -0.1) is 0 Å². The third-order valence-corrected chi connectivity index (χ3v) is 5.34. The van der Waals surface area contributed by atoms with E-state index in [0.29, 0.717) is 36.6 Å². The second-order valence-corrected chi connectivity index (χ2v) is 7.79. The molecule has 0 aliphatic heterocycles. The molecule has 7 heteroatoms. The third-order valence-electron chi connectivity index (χ3n) is 5.34. The van der Waals surface area contributed by atoms with Crippen molar-refractivity contribution in [2.24, 2.45) is 0 Å². The lowest BCUT2D eigenvalue weighted by Gasteiger charge is -2.11. The first-order chi connectivity index (χ1) is 16.9. The molecule has 2 aromatic carbocycles. The Morgan fingerprint density at radius 1 is 0.971 bits per heavy atom. The molecule has 3 aromatic rings. The maximum absolute atomic E-state index is 12.9. The van der Waals surface area contributed by atoms with Crippen molar-refractivity contribution in [3.05, 3.63) is 101 Å². The molecule has 0 aliphatic carbocycles. The van der Waals surface area contributed by atoms with E-state index < -0.39 is 12.1 Å². The lowest BCUT2D eigenvalue weighted by atomic mass is 10.1. The lowest BCUT2D eigenvalue weighted by molar-refractivity contribution is -0.156. The van der Waals surface area contributed by atoms with Crippen LogP contribution < -0.4 is 0 Å². The lowest BCUT2D eigenvalue weighted by Crippen LogP contribution is -2.23. The average molecular weight is 476 g/mol. The van der Waals surface area contributed by atoms with Gasteiger partial charge in [0.1, 0.15) is 0 Å². The Balaban J connectivity index is 1.57. The van der Waals surface area contributed by atoms with Gasteiger partial charge in [-0.2, -0.15) is 0 Å². The molecule has 1 heterocycles. The van der Waals surface area contributed by atoms with Gasteiger partial charge in [0.15, 0.2) is 6.10 Å². The van der Waals surface area contributed by atoms with Gasteiger partial charge in [-0.25, -0.2) is 9.59 Å². The number of carbonyl (C=O) groups excluding carboxylic acids is 3. The molecule has 3 rings (SSSR count). The predicted molar refractivity (Wildman–Crippen MR) is 132 cm³/mol. The zero-order chi connectivity index (χ0) is 25.2. The topological polar surface area (TPSA) is 83.8 Å². The number of esters is 2. The molecule has 182 valence electrons. The van der Waals surface area contributed by atoms with E-state index in [0.717, 1.165) is 11.1 Å². The van der Waals surface area contributed by atoms with E-state index in [1.807, 2.05) is 53.2 Å². The van der Waals surface area contributed by atoms with Gasteiger partial charge in [0.05, 0.1) is 31.6 Å². The Hall–Kier alpha value is -3.97. The third kappa shape index (κ3) is 7.01. The summed E-state index contributed by atoms with van der Waals surface area (Å²) >= 11 is 0. The van der Waals surface area contributed by atoms with Crippen molar-refractivity contribution in [1.29, 1.82) is 0 Å². The first kappa shape index (κ1) is 25.6. The molecule has 0 N–H and O–H groups in total. The minimum atomic E-state index is -0.612. The number of ether oxygens (including phenoxy) is 3. The number of rotatable bonds is 11. The second-order valence-electron chi connectivity index (χ2n) is 7.79. The number of methoxy groups -OCH3 is 1. The molecular weight excluding hydrogens is 446 g/mol. The van der Waals surface area contributed by atoms with Crippen LogP contribution in [0.15, 0.2) is 72.9 Å². The van der Waals surface area contributed by atoms with Crippen LogP contribution in [0.5, 0.6) is 0 Å². The fourth-order valence-electron chi connectivity index (χ4n) is 3.38. The van der Waals surface area contributed by atoms with Crippen LogP contribution in [0.4, 0.5) is 0 Å². The molecule has 35 heavy (non-hydrogen) atoms. The summed E-state index contributed by atoms with van der Waals surface area (Å²) in [6.45, 7) is 4.61. The van der Waals surface area contributed by atoms with E-state index in [4.69, 9.17) is 14.2 Å². The Labute approximate surface area is 204 Å². The van der Waals surface area contributed by atoms with Gasteiger partial charge in [0, 0.05) is 18.3 Å². The largest absolute Gasteiger partial charge is 0.465 e. The molecule has 0 saturated carbocycles. The van der Waals surface area contributed by atoms with E-state index in [2.05, 4.69) is 0 Å². The summed E-state index contributed by atoms with van der Waals surface area (Å²) in [4.78, 5) is 36.2. The monoisotopic (exact) mass is 475 g/mol. The summed E-state index contributed by atoms with van der Waals surface area (Å²) in [7, 11) is 1.32. The maximum Gasteiger partial charge on any atom is 0.337 e. The summed E-state index contributed by atoms with van der Waals surface area (Å²) in [5, 5.41) is 0. The average Bonchev–Trinajstić information content (AvgIpc) is 3.35.